The largest absolute Gasteiger partial charge is 0.397 e. The first kappa shape index (κ1) is 26.2. The van der Waals surface area contributed by atoms with Crippen LogP contribution in [-0.4, -0.2) is 44.4 Å². The zero-order valence-corrected chi connectivity index (χ0v) is 14.7. The lowest BCUT2D eigenvalue weighted by Gasteiger charge is -2.25. The van der Waals surface area contributed by atoms with E-state index >= 15 is 0 Å². The zero-order chi connectivity index (χ0) is 20.8. The quantitative estimate of drug-likeness (QED) is 0.256. The molecule has 0 aromatic heterocycles. The van der Waals surface area contributed by atoms with Crippen molar-refractivity contribution in [3.05, 3.63) is 0 Å². The third kappa shape index (κ3) is 15.3. The molecule has 0 aliphatic heterocycles. The fraction of sp³-hybridized carbons (Fsp3) is 1.00. The van der Waals surface area contributed by atoms with Crippen LogP contribution in [0.1, 0.15) is 12.8 Å². The van der Waals surface area contributed by atoms with Crippen LogP contribution in [0.3, 0.4) is 0 Å². The van der Waals surface area contributed by atoms with E-state index in [1.165, 1.54) is 0 Å². The van der Waals surface area contributed by atoms with Crippen LogP contribution in [0.5, 0.6) is 0 Å². The minimum absolute atomic E-state index is 0.789. The first-order valence-electron chi connectivity index (χ1n) is 6.32. The van der Waals surface area contributed by atoms with E-state index in [4.69, 9.17) is 22.5 Å². The fourth-order valence-electron chi connectivity index (χ4n) is 1.35. The van der Waals surface area contributed by atoms with Crippen molar-refractivity contribution in [2.24, 2.45) is 5.92 Å². The molecule has 0 aromatic carbocycles. The van der Waals surface area contributed by atoms with Crippen LogP contribution in [0.15, 0.2) is 0 Å². The van der Waals surface area contributed by atoms with Gasteiger partial charge >= 0.3 is 24.6 Å². The maximum absolute atomic E-state index is 13.0. The number of hydrogen-bond donors (Lipinski definition) is 0. The minimum atomic E-state index is -5.29. The predicted octanol–water partition coefficient (Wildman–Crippen LogP) is 6.45. The van der Waals surface area contributed by atoms with Gasteiger partial charge in [0.1, 0.15) is 12.8 Å². The van der Waals surface area contributed by atoms with Gasteiger partial charge in [-0.05, 0) is 22.5 Å². The van der Waals surface area contributed by atoms with Crippen LogP contribution >= 0.6 is 29.3 Å². The number of ether oxygens (including phenoxy) is 2. The van der Waals surface area contributed by atoms with Gasteiger partial charge in [0.2, 0.25) is 6.85 Å². The van der Waals surface area contributed by atoms with E-state index in [1.54, 1.807) is 0 Å². The van der Waals surface area contributed by atoms with Gasteiger partial charge in [0.25, 0.3) is 0 Å². The Morgan fingerprint density at radius 2 is 1.00 bits per heavy atom. The molecule has 0 saturated heterocycles. The van der Waals surface area contributed by atoms with Crippen LogP contribution in [0.2, 0.25) is 0 Å². The molecular formula is C10H11Cl2F10O3P. The third-order valence-corrected chi connectivity index (χ3v) is 3.21. The normalized spacial score (nSPS) is 14.5. The van der Waals surface area contributed by atoms with Gasteiger partial charge in [-0.3, -0.25) is 0 Å². The molecule has 3 nitrogen and oxygen atoms in total. The summed E-state index contributed by atoms with van der Waals surface area (Å²) in [4.78, 5) is 0. The van der Waals surface area contributed by atoms with Crippen molar-refractivity contribution in [1.29, 1.82) is 0 Å². The first-order valence-corrected chi connectivity index (χ1v) is 9.39. The molecule has 0 heterocycles. The number of rotatable bonds is 11. The molecule has 0 amide bonds. The van der Waals surface area contributed by atoms with Crippen LogP contribution in [-0.2, 0) is 14.0 Å². The second kappa shape index (κ2) is 10.1. The fourth-order valence-corrected chi connectivity index (χ4v) is 2.02. The molecule has 0 rings (SSSR count). The average Bonchev–Trinajstić information content (AvgIpc) is 2.31. The minimum Gasteiger partial charge on any atom is -0.331 e. The Labute approximate surface area is 151 Å². The number of halogens is 12. The van der Waals surface area contributed by atoms with Gasteiger partial charge < -0.3 is 14.0 Å². The SMILES string of the molecule is FC(F)(F)CC(F)(F)OCC(COP(Cl)Cl)COC(F)(F)CC(F)(F)F. The lowest BCUT2D eigenvalue weighted by molar-refractivity contribution is -0.309. The van der Waals surface area contributed by atoms with E-state index in [0.29, 0.717) is 0 Å². The van der Waals surface area contributed by atoms with E-state index in [9.17, 15) is 43.9 Å². The van der Waals surface area contributed by atoms with E-state index in [-0.39, 0.29) is 0 Å². The van der Waals surface area contributed by atoms with Gasteiger partial charge in [-0.2, -0.15) is 43.9 Å². The Morgan fingerprint density at radius 1 is 0.654 bits per heavy atom. The molecule has 0 bridgehead atoms. The molecule has 0 spiro atoms. The second-order valence-corrected chi connectivity index (χ2v) is 7.87. The summed E-state index contributed by atoms with van der Waals surface area (Å²) in [6.07, 6.45) is -25.3. The zero-order valence-electron chi connectivity index (χ0n) is 12.3. The molecule has 0 radical (unpaired) electrons. The Morgan fingerprint density at radius 3 is 1.27 bits per heavy atom. The summed E-state index contributed by atoms with van der Waals surface area (Å²) >= 11 is 10.4. The van der Waals surface area contributed by atoms with E-state index < -0.39 is 70.0 Å². The Kier molecular flexibility index (Phi) is 10.2. The summed E-state index contributed by atoms with van der Waals surface area (Å²) in [7, 11) is 0. The maximum atomic E-state index is 13.0. The maximum Gasteiger partial charge on any atom is 0.397 e. The molecule has 0 N–H and O–H groups in total. The molecule has 0 aliphatic rings. The van der Waals surface area contributed by atoms with Crippen LogP contribution < -0.4 is 0 Å². The van der Waals surface area contributed by atoms with Gasteiger partial charge in [-0.15, -0.1) is 0 Å². The van der Waals surface area contributed by atoms with Crippen molar-refractivity contribution in [3.8, 4) is 0 Å². The standard InChI is InChI=1S/C10H11Cl2F10O3P/c11-26(12)25-3-6(1-23-9(19,20)4-7(13,14)15)2-24-10(21,22)5-8(16,17)18/h6H,1-5H2. The molecular weight excluding hydrogens is 460 g/mol. The summed E-state index contributed by atoms with van der Waals surface area (Å²) < 4.78 is 136. The van der Waals surface area contributed by atoms with Crippen LogP contribution in [0.25, 0.3) is 0 Å². The number of alkyl halides is 10. The van der Waals surface area contributed by atoms with E-state index in [0.717, 1.165) is 0 Å². The predicted molar refractivity (Wildman–Crippen MR) is 71.2 cm³/mol. The van der Waals surface area contributed by atoms with Gasteiger partial charge in [-0.1, -0.05) is 0 Å². The second-order valence-electron chi connectivity index (χ2n) is 4.84. The molecule has 158 valence electrons. The lowest BCUT2D eigenvalue weighted by Crippen LogP contribution is -2.35. The van der Waals surface area contributed by atoms with Gasteiger partial charge in [-0.25, -0.2) is 0 Å². The highest BCUT2D eigenvalue weighted by atomic mass is 35.9. The van der Waals surface area contributed by atoms with Crippen molar-refractivity contribution in [2.75, 3.05) is 19.8 Å². The van der Waals surface area contributed by atoms with Gasteiger partial charge in [0.05, 0.1) is 19.8 Å². The van der Waals surface area contributed by atoms with Crippen molar-refractivity contribution in [3.63, 3.8) is 0 Å². The number of hydrogen-bond acceptors (Lipinski definition) is 3. The smallest absolute Gasteiger partial charge is 0.331 e. The van der Waals surface area contributed by atoms with Gasteiger partial charge in [0, 0.05) is 5.92 Å². The Hall–Kier alpha value is 0.190. The summed E-state index contributed by atoms with van der Waals surface area (Å²) in [5.41, 5.74) is 0. The molecule has 26 heavy (non-hydrogen) atoms. The summed E-state index contributed by atoms with van der Waals surface area (Å²) in [5, 5.41) is 0. The summed E-state index contributed by atoms with van der Waals surface area (Å²) in [5.74, 6) is -1.60. The Bertz CT molecular complexity index is 387. The highest BCUT2D eigenvalue weighted by molar-refractivity contribution is 8.00. The molecule has 0 aromatic rings. The molecule has 16 heteroatoms. The van der Waals surface area contributed by atoms with Crippen molar-refractivity contribution >= 4 is 29.3 Å². The van der Waals surface area contributed by atoms with Gasteiger partial charge in [0.15, 0.2) is 0 Å². The first-order chi connectivity index (χ1) is 11.4. The average molecular weight is 471 g/mol. The summed E-state index contributed by atoms with van der Waals surface area (Å²) in [6.45, 7) is -5.55. The topological polar surface area (TPSA) is 27.7 Å². The monoisotopic (exact) mass is 470 g/mol. The third-order valence-electron chi connectivity index (χ3n) is 2.28. The highest BCUT2D eigenvalue weighted by Crippen LogP contribution is 2.48. The van der Waals surface area contributed by atoms with Crippen LogP contribution in [0, 0.1) is 5.92 Å². The van der Waals surface area contributed by atoms with E-state index in [2.05, 4.69) is 14.0 Å². The molecule has 0 aliphatic carbocycles. The van der Waals surface area contributed by atoms with Crippen molar-refractivity contribution < 1.29 is 57.9 Å². The van der Waals surface area contributed by atoms with E-state index in [1.807, 2.05) is 0 Å². The Balaban J connectivity index is 4.75. The van der Waals surface area contributed by atoms with Crippen LogP contribution in [0.4, 0.5) is 43.9 Å². The summed E-state index contributed by atoms with van der Waals surface area (Å²) in [6, 6.07) is 0. The molecule has 0 atom stereocenters. The lowest BCUT2D eigenvalue weighted by atomic mass is 10.2. The highest BCUT2D eigenvalue weighted by Gasteiger charge is 2.46. The molecule has 0 fully saturated rings. The van der Waals surface area contributed by atoms with Crippen molar-refractivity contribution in [1.82, 2.24) is 0 Å². The van der Waals surface area contributed by atoms with Crippen molar-refractivity contribution in [2.45, 2.75) is 37.4 Å². The molecule has 0 unspecified atom stereocenters. The molecule has 0 saturated carbocycles.